The first kappa shape index (κ1) is 16.6. The average molecular weight is 359 g/mol. The Labute approximate surface area is 153 Å². The van der Waals surface area contributed by atoms with Crippen LogP contribution in [0.2, 0.25) is 5.15 Å². The molecule has 0 radical (unpaired) electrons. The molecule has 0 aliphatic carbocycles. The molecule has 0 N–H and O–H groups in total. The maximum absolute atomic E-state index is 12.3. The topological polar surface area (TPSA) is 39.7 Å². The molecule has 3 heterocycles. The fourth-order valence-electron chi connectivity index (χ4n) is 3.70. The predicted octanol–water partition coefficient (Wildman–Crippen LogP) is 2.63. The summed E-state index contributed by atoms with van der Waals surface area (Å²) < 4.78 is 0. The highest BCUT2D eigenvalue weighted by molar-refractivity contribution is 6.34. The van der Waals surface area contributed by atoms with E-state index in [0.29, 0.717) is 11.7 Å². The van der Waals surface area contributed by atoms with E-state index in [1.807, 2.05) is 23.1 Å². The summed E-state index contributed by atoms with van der Waals surface area (Å²) in [7, 11) is 0. The third-order valence-corrected chi connectivity index (χ3v) is 5.48. The largest absolute Gasteiger partial charge is 0.354 e. The molecular formula is C19H23ClN4O. The van der Waals surface area contributed by atoms with Crippen molar-refractivity contribution in [1.29, 1.82) is 0 Å². The first-order valence-electron chi connectivity index (χ1n) is 9.01. The number of fused-ring (bicyclic) bond motifs is 1. The Bertz CT molecular complexity index is 767. The molecule has 2 aromatic rings. The molecule has 132 valence electrons. The summed E-state index contributed by atoms with van der Waals surface area (Å²) in [5.74, 6) is 1.20. The van der Waals surface area contributed by atoms with Crippen molar-refractivity contribution in [2.75, 3.05) is 50.7 Å². The van der Waals surface area contributed by atoms with Crippen LogP contribution in [-0.4, -0.2) is 66.5 Å². The van der Waals surface area contributed by atoms with Gasteiger partial charge in [0.25, 0.3) is 0 Å². The highest BCUT2D eigenvalue weighted by Gasteiger charge is 2.24. The van der Waals surface area contributed by atoms with E-state index < -0.39 is 0 Å². The zero-order valence-electron chi connectivity index (χ0n) is 14.3. The van der Waals surface area contributed by atoms with Crippen molar-refractivity contribution in [2.45, 2.75) is 12.8 Å². The van der Waals surface area contributed by atoms with E-state index >= 15 is 0 Å². The van der Waals surface area contributed by atoms with Crippen LogP contribution in [-0.2, 0) is 4.79 Å². The Morgan fingerprint density at radius 3 is 2.52 bits per heavy atom. The van der Waals surface area contributed by atoms with Gasteiger partial charge in [-0.25, -0.2) is 4.98 Å². The van der Waals surface area contributed by atoms with Crippen molar-refractivity contribution >= 4 is 34.1 Å². The highest BCUT2D eigenvalue weighted by atomic mass is 35.5. The molecule has 25 heavy (non-hydrogen) atoms. The molecule has 0 spiro atoms. The van der Waals surface area contributed by atoms with Gasteiger partial charge in [0.05, 0.1) is 6.54 Å². The Kier molecular flexibility index (Phi) is 4.77. The lowest BCUT2D eigenvalue weighted by atomic mass is 10.1. The Hall–Kier alpha value is -1.85. The van der Waals surface area contributed by atoms with Crippen LogP contribution >= 0.6 is 11.6 Å². The van der Waals surface area contributed by atoms with E-state index in [4.69, 9.17) is 11.6 Å². The number of piperazine rings is 1. The summed E-state index contributed by atoms with van der Waals surface area (Å²) >= 11 is 6.35. The highest BCUT2D eigenvalue weighted by Crippen LogP contribution is 2.26. The van der Waals surface area contributed by atoms with Crippen molar-refractivity contribution in [3.8, 4) is 0 Å². The summed E-state index contributed by atoms with van der Waals surface area (Å²) in [6.45, 7) is 5.90. The molecule has 2 saturated heterocycles. The number of rotatable bonds is 3. The smallest absolute Gasteiger partial charge is 0.236 e. The van der Waals surface area contributed by atoms with Gasteiger partial charge < -0.3 is 9.80 Å². The fourth-order valence-corrected chi connectivity index (χ4v) is 3.96. The number of pyridine rings is 1. The van der Waals surface area contributed by atoms with Crippen molar-refractivity contribution in [2.24, 2.45) is 0 Å². The number of aromatic nitrogens is 1. The van der Waals surface area contributed by atoms with Crippen LogP contribution in [0.1, 0.15) is 12.8 Å². The third-order valence-electron chi connectivity index (χ3n) is 5.19. The van der Waals surface area contributed by atoms with E-state index in [1.165, 1.54) is 0 Å². The van der Waals surface area contributed by atoms with Gasteiger partial charge in [0.2, 0.25) is 5.91 Å². The van der Waals surface area contributed by atoms with Gasteiger partial charge in [-0.1, -0.05) is 35.9 Å². The van der Waals surface area contributed by atoms with Crippen molar-refractivity contribution < 1.29 is 4.79 Å². The molecule has 1 amide bonds. The summed E-state index contributed by atoms with van der Waals surface area (Å²) in [6.07, 6.45) is 2.29. The molecule has 0 bridgehead atoms. The monoisotopic (exact) mass is 358 g/mol. The first-order valence-corrected chi connectivity index (χ1v) is 9.39. The van der Waals surface area contributed by atoms with Gasteiger partial charge >= 0.3 is 0 Å². The summed E-state index contributed by atoms with van der Waals surface area (Å²) in [6, 6.07) is 10.2. The SMILES string of the molecule is O=C(CN1CCN(c2cc3ccccc3c(Cl)n2)CC1)N1CCCC1. The molecule has 5 nitrogen and oxygen atoms in total. The zero-order chi connectivity index (χ0) is 17.2. The first-order chi connectivity index (χ1) is 12.2. The molecule has 2 fully saturated rings. The normalized spacial score (nSPS) is 18.9. The minimum atomic E-state index is 0.276. The molecule has 0 saturated carbocycles. The quantitative estimate of drug-likeness (QED) is 0.791. The second-order valence-corrected chi connectivity index (χ2v) is 7.20. The van der Waals surface area contributed by atoms with E-state index in [1.54, 1.807) is 0 Å². The number of likely N-dealkylation sites (tertiary alicyclic amines) is 1. The Morgan fingerprint density at radius 1 is 1.04 bits per heavy atom. The number of nitrogens with zero attached hydrogens (tertiary/aromatic N) is 4. The molecule has 6 heteroatoms. The molecular weight excluding hydrogens is 336 g/mol. The van der Waals surface area contributed by atoms with E-state index in [9.17, 15) is 4.79 Å². The number of halogens is 1. The number of hydrogen-bond donors (Lipinski definition) is 0. The van der Waals surface area contributed by atoms with Gasteiger partial charge in [-0.3, -0.25) is 9.69 Å². The molecule has 1 aromatic carbocycles. The summed E-state index contributed by atoms with van der Waals surface area (Å²) in [5.41, 5.74) is 0. The van der Waals surface area contributed by atoms with Crippen LogP contribution in [0.5, 0.6) is 0 Å². The predicted molar refractivity (Wildman–Crippen MR) is 101 cm³/mol. The van der Waals surface area contributed by atoms with Gasteiger partial charge in [0.15, 0.2) is 0 Å². The van der Waals surface area contributed by atoms with Crippen LogP contribution < -0.4 is 4.90 Å². The van der Waals surface area contributed by atoms with Crippen molar-refractivity contribution in [1.82, 2.24) is 14.8 Å². The third kappa shape index (κ3) is 3.58. The summed E-state index contributed by atoms with van der Waals surface area (Å²) in [4.78, 5) is 23.4. The van der Waals surface area contributed by atoms with Gasteiger partial charge in [-0.2, -0.15) is 0 Å². The number of amides is 1. The van der Waals surface area contributed by atoms with Gasteiger partial charge in [-0.05, 0) is 24.3 Å². The Balaban J connectivity index is 1.39. The maximum Gasteiger partial charge on any atom is 0.236 e. The molecule has 4 rings (SSSR count). The number of benzene rings is 1. The van der Waals surface area contributed by atoms with Crippen LogP contribution in [0.4, 0.5) is 5.82 Å². The number of carbonyl (C=O) groups excluding carboxylic acids is 1. The zero-order valence-corrected chi connectivity index (χ0v) is 15.1. The molecule has 2 aliphatic heterocycles. The fraction of sp³-hybridized carbons (Fsp3) is 0.474. The van der Waals surface area contributed by atoms with Gasteiger partial charge in [-0.15, -0.1) is 0 Å². The summed E-state index contributed by atoms with van der Waals surface area (Å²) in [5, 5.41) is 2.66. The van der Waals surface area contributed by atoms with Gasteiger partial charge in [0.1, 0.15) is 11.0 Å². The van der Waals surface area contributed by atoms with Gasteiger partial charge in [0, 0.05) is 44.7 Å². The maximum atomic E-state index is 12.3. The van der Waals surface area contributed by atoms with Crippen LogP contribution in [0, 0.1) is 0 Å². The lowest BCUT2D eigenvalue weighted by molar-refractivity contribution is -0.131. The second-order valence-electron chi connectivity index (χ2n) is 6.84. The second kappa shape index (κ2) is 7.18. The van der Waals surface area contributed by atoms with Crippen molar-refractivity contribution in [3.05, 3.63) is 35.5 Å². The van der Waals surface area contributed by atoms with E-state index in [0.717, 1.165) is 68.7 Å². The minimum absolute atomic E-state index is 0.276. The number of carbonyl (C=O) groups is 1. The molecule has 1 aromatic heterocycles. The minimum Gasteiger partial charge on any atom is -0.354 e. The van der Waals surface area contributed by atoms with Crippen LogP contribution in [0.3, 0.4) is 0 Å². The van der Waals surface area contributed by atoms with E-state index in [-0.39, 0.29) is 5.91 Å². The van der Waals surface area contributed by atoms with E-state index in [2.05, 4.69) is 26.9 Å². The lowest BCUT2D eigenvalue weighted by Crippen LogP contribution is -2.50. The average Bonchev–Trinajstić information content (AvgIpc) is 3.17. The van der Waals surface area contributed by atoms with Crippen LogP contribution in [0.15, 0.2) is 30.3 Å². The number of anilines is 1. The lowest BCUT2D eigenvalue weighted by Gasteiger charge is -2.35. The van der Waals surface area contributed by atoms with Crippen molar-refractivity contribution in [3.63, 3.8) is 0 Å². The Morgan fingerprint density at radius 2 is 1.76 bits per heavy atom. The van der Waals surface area contributed by atoms with Crippen LogP contribution in [0.25, 0.3) is 10.8 Å². The molecule has 0 atom stereocenters. The molecule has 0 unspecified atom stereocenters. The number of hydrogen-bond acceptors (Lipinski definition) is 4. The molecule has 2 aliphatic rings. The standard InChI is InChI=1S/C19H23ClN4O/c20-19-16-6-2-1-5-15(16)13-17(21-19)23-11-9-22(10-12-23)14-18(25)24-7-3-4-8-24/h1-2,5-6,13H,3-4,7-12,14H2.